The molecule has 0 saturated heterocycles. The molecule has 0 fully saturated rings. The van der Waals surface area contributed by atoms with Crippen LogP contribution >= 0.6 is 0 Å². The summed E-state index contributed by atoms with van der Waals surface area (Å²) in [5.74, 6) is 0. The van der Waals surface area contributed by atoms with E-state index in [2.05, 4.69) is 15.0 Å². The summed E-state index contributed by atoms with van der Waals surface area (Å²) < 4.78 is 118. The SMILES string of the molecule is O=S(=O)([O-])C(F)(F)F.O=S(=O)([O-])C(F)(F)F.OC(c1ccccn1)N(Cc1ccccn1)Cc1ccccn1.[Zn+2]. The van der Waals surface area contributed by atoms with Gasteiger partial charge >= 0.3 is 30.5 Å². The van der Waals surface area contributed by atoms with Crippen LogP contribution in [0.15, 0.2) is 73.2 Å². The van der Waals surface area contributed by atoms with Gasteiger partial charge in [0.15, 0.2) is 26.5 Å². The molecule has 0 saturated carbocycles. The molecule has 40 heavy (non-hydrogen) atoms. The van der Waals surface area contributed by atoms with Crippen molar-refractivity contribution in [3.05, 3.63) is 90.3 Å². The van der Waals surface area contributed by atoms with E-state index in [4.69, 9.17) is 25.9 Å². The van der Waals surface area contributed by atoms with E-state index in [1.807, 2.05) is 59.5 Å². The van der Waals surface area contributed by atoms with Crippen LogP contribution in [0.1, 0.15) is 23.3 Å². The third kappa shape index (κ3) is 13.6. The van der Waals surface area contributed by atoms with E-state index < -0.39 is 37.5 Å². The van der Waals surface area contributed by atoms with Gasteiger partial charge in [-0.15, -0.1) is 0 Å². The zero-order valence-electron chi connectivity index (χ0n) is 19.9. The monoisotopic (exact) mass is 668 g/mol. The van der Waals surface area contributed by atoms with Crippen molar-refractivity contribution in [1.29, 1.82) is 0 Å². The number of alkyl halides is 6. The predicted molar refractivity (Wildman–Crippen MR) is 118 cm³/mol. The molecule has 0 aromatic carbocycles. The molecule has 3 aromatic heterocycles. The molecule has 11 nitrogen and oxygen atoms in total. The first-order valence-corrected chi connectivity index (χ1v) is 12.8. The maximum atomic E-state index is 10.7. The molecule has 1 atom stereocenters. The maximum Gasteiger partial charge on any atom is 2.00 e. The fourth-order valence-electron chi connectivity index (χ4n) is 2.34. The predicted octanol–water partition coefficient (Wildman–Crippen LogP) is 2.67. The summed E-state index contributed by atoms with van der Waals surface area (Å²) >= 11 is 0. The average molecular weight is 670 g/mol. The number of hydrogen-bond acceptors (Lipinski definition) is 11. The van der Waals surface area contributed by atoms with Gasteiger partial charge < -0.3 is 14.2 Å². The molecular formula is C20H18F6N4O7S2Zn. The molecule has 0 aliphatic rings. The van der Waals surface area contributed by atoms with Crippen LogP contribution in [-0.4, -0.2) is 61.9 Å². The minimum Gasteiger partial charge on any atom is -0.741 e. The maximum absolute atomic E-state index is 10.7. The van der Waals surface area contributed by atoms with E-state index in [0.29, 0.717) is 18.8 Å². The first-order chi connectivity index (χ1) is 17.8. The average Bonchev–Trinajstić information content (AvgIpc) is 2.83. The van der Waals surface area contributed by atoms with Gasteiger partial charge in [-0.05, 0) is 36.4 Å². The first kappa shape index (κ1) is 37.4. The molecular weight excluding hydrogens is 652 g/mol. The van der Waals surface area contributed by atoms with Crippen LogP contribution < -0.4 is 0 Å². The molecule has 1 N–H and O–H groups in total. The molecule has 0 aliphatic heterocycles. The molecule has 0 bridgehead atoms. The van der Waals surface area contributed by atoms with Crippen molar-refractivity contribution in [3.8, 4) is 0 Å². The molecule has 0 spiro atoms. The van der Waals surface area contributed by atoms with Gasteiger partial charge in [-0.1, -0.05) is 18.2 Å². The summed E-state index contributed by atoms with van der Waals surface area (Å²) in [5, 5.41) is 10.7. The number of pyridine rings is 3. The topological polar surface area (TPSA) is 177 Å². The normalized spacial score (nSPS) is 12.7. The van der Waals surface area contributed by atoms with Gasteiger partial charge in [0.25, 0.3) is 0 Å². The van der Waals surface area contributed by atoms with Crippen molar-refractivity contribution < 1.29 is 76.9 Å². The van der Waals surface area contributed by atoms with E-state index in [9.17, 15) is 31.4 Å². The van der Waals surface area contributed by atoms with E-state index in [1.165, 1.54) is 0 Å². The molecule has 1 unspecified atom stereocenters. The van der Waals surface area contributed by atoms with Crippen molar-refractivity contribution in [2.75, 3.05) is 0 Å². The second kappa shape index (κ2) is 16.0. The van der Waals surface area contributed by atoms with Gasteiger partial charge in [0, 0.05) is 31.7 Å². The molecule has 3 heterocycles. The van der Waals surface area contributed by atoms with E-state index in [0.717, 1.165) is 11.4 Å². The smallest absolute Gasteiger partial charge is 0.741 e. The quantitative estimate of drug-likeness (QED) is 0.134. The molecule has 3 aromatic rings. The summed E-state index contributed by atoms with van der Waals surface area (Å²) in [6, 6.07) is 17.0. The Morgan fingerprint density at radius 3 is 1.27 bits per heavy atom. The summed E-state index contributed by atoms with van der Waals surface area (Å²) in [6.45, 7) is 1.02. The van der Waals surface area contributed by atoms with Gasteiger partial charge in [-0.2, -0.15) is 26.3 Å². The Bertz CT molecular complexity index is 1270. The number of hydrogen-bond donors (Lipinski definition) is 1. The zero-order valence-corrected chi connectivity index (χ0v) is 24.5. The first-order valence-electron chi connectivity index (χ1n) is 10.00. The third-order valence-electron chi connectivity index (χ3n) is 4.05. The Balaban J connectivity index is 0.000000744. The number of nitrogens with zero attached hydrogens (tertiary/aromatic N) is 4. The second-order valence-electron chi connectivity index (χ2n) is 6.98. The summed E-state index contributed by atoms with van der Waals surface area (Å²) in [5.41, 5.74) is -8.91. The van der Waals surface area contributed by atoms with Gasteiger partial charge in [0.05, 0.1) is 17.1 Å². The minimum absolute atomic E-state index is 0. The second-order valence-corrected chi connectivity index (χ2v) is 9.72. The van der Waals surface area contributed by atoms with Gasteiger partial charge in [0.2, 0.25) is 0 Å². The Hall–Kier alpha value is -2.61. The molecule has 3 rings (SSSR count). The third-order valence-corrected chi connectivity index (χ3v) is 5.18. The van der Waals surface area contributed by atoms with Crippen LogP contribution in [0.4, 0.5) is 26.3 Å². The van der Waals surface area contributed by atoms with Crippen molar-refractivity contribution in [2.24, 2.45) is 0 Å². The van der Waals surface area contributed by atoms with Crippen LogP contribution in [0, 0.1) is 0 Å². The number of aliphatic hydroxyl groups excluding tert-OH is 1. The number of aliphatic hydroxyl groups is 1. The van der Waals surface area contributed by atoms with E-state index >= 15 is 0 Å². The zero-order chi connectivity index (χ0) is 29.9. The van der Waals surface area contributed by atoms with Gasteiger partial charge in [-0.3, -0.25) is 19.9 Å². The molecule has 0 aliphatic carbocycles. The summed E-state index contributed by atoms with van der Waals surface area (Å²) in [7, 11) is -12.2. The Kier molecular flexibility index (Phi) is 14.9. The van der Waals surface area contributed by atoms with Crippen molar-refractivity contribution in [2.45, 2.75) is 30.3 Å². The van der Waals surface area contributed by atoms with Crippen LogP contribution in [0.5, 0.6) is 0 Å². The van der Waals surface area contributed by atoms with Crippen LogP contribution in [0.2, 0.25) is 0 Å². The van der Waals surface area contributed by atoms with Crippen molar-refractivity contribution >= 4 is 20.2 Å². The van der Waals surface area contributed by atoms with Crippen molar-refractivity contribution in [3.63, 3.8) is 0 Å². The Morgan fingerprint density at radius 1 is 0.700 bits per heavy atom. The van der Waals surface area contributed by atoms with E-state index in [1.54, 1.807) is 18.6 Å². The molecule has 0 radical (unpaired) electrons. The van der Waals surface area contributed by atoms with E-state index in [-0.39, 0.29) is 19.5 Å². The minimum atomic E-state index is -6.09. The number of halogens is 6. The van der Waals surface area contributed by atoms with Crippen LogP contribution in [-0.2, 0) is 52.8 Å². The van der Waals surface area contributed by atoms with Crippen LogP contribution in [0.3, 0.4) is 0 Å². The van der Waals surface area contributed by atoms with Crippen molar-refractivity contribution in [1.82, 2.24) is 19.9 Å². The van der Waals surface area contributed by atoms with Gasteiger partial charge in [-0.25, -0.2) is 16.8 Å². The number of aromatic nitrogens is 3. The fraction of sp³-hybridized carbons (Fsp3) is 0.250. The molecule has 0 amide bonds. The number of rotatable bonds is 6. The summed E-state index contributed by atoms with van der Waals surface area (Å²) in [6.07, 6.45) is 4.36. The molecule has 216 valence electrons. The van der Waals surface area contributed by atoms with Crippen LogP contribution in [0.25, 0.3) is 0 Å². The Morgan fingerprint density at radius 2 is 1.02 bits per heavy atom. The summed E-state index contributed by atoms with van der Waals surface area (Å²) in [4.78, 5) is 14.8. The van der Waals surface area contributed by atoms with Gasteiger partial charge in [0.1, 0.15) is 0 Å². The standard InChI is InChI=1S/C18H18N4O.2CHF3O3S.Zn/c23-18(17-9-3-6-12-21-17)22(13-15-7-1-4-10-19-15)14-16-8-2-5-11-20-16;2*2-1(3,4)8(5,6)7;/h1-12,18,23H,13-14H2;2*(H,5,6,7);/q;;;+2/p-2. The fourth-order valence-corrected chi connectivity index (χ4v) is 2.34. The largest absolute Gasteiger partial charge is 2.00 e. The Labute approximate surface area is 237 Å². The molecule has 20 heteroatoms.